The van der Waals surface area contributed by atoms with Crippen LogP contribution in [-0.2, 0) is 9.47 Å². The molecule has 44 heavy (non-hydrogen) atoms. The Kier molecular flexibility index (Phi) is 10.2. The van der Waals surface area contributed by atoms with Crippen molar-refractivity contribution in [1.82, 2.24) is 0 Å². The van der Waals surface area contributed by atoms with Crippen LogP contribution in [0.4, 0.5) is 0 Å². The SMILES string of the molecule is OC[C@H]1O[C@@H](Oc2cc(O)c3cc(O[C@@H]4O[C@H](CO)[C@@H](O)[C@H](O)[C@H]4O)c(-c4ccc(O)c(O)c4)[o+]c3c2)[C@H](O)[C@@H](O)[C@@H]1O.[Cl-]. The van der Waals surface area contributed by atoms with Crippen LogP contribution in [-0.4, -0.2) is 131 Å². The number of fused-ring (bicyclic) bond motifs is 1. The summed E-state index contributed by atoms with van der Waals surface area (Å²) in [5, 5.41) is 111. The van der Waals surface area contributed by atoms with Gasteiger partial charge in [-0.25, -0.2) is 4.42 Å². The number of phenols is 3. The Morgan fingerprint density at radius 2 is 1.20 bits per heavy atom. The number of phenolic OH excluding ortho intramolecular Hbond substituents is 3. The van der Waals surface area contributed by atoms with Gasteiger partial charge in [0.1, 0.15) is 65.7 Å². The number of hydrogen-bond donors (Lipinski definition) is 11. The number of halogens is 1. The van der Waals surface area contributed by atoms with E-state index >= 15 is 0 Å². The second-order valence-corrected chi connectivity index (χ2v) is 10.1. The highest BCUT2D eigenvalue weighted by Crippen LogP contribution is 2.42. The van der Waals surface area contributed by atoms with Crippen LogP contribution in [0.5, 0.6) is 28.7 Å². The maximum atomic E-state index is 10.8. The maximum absolute atomic E-state index is 10.8. The first-order valence-electron chi connectivity index (χ1n) is 13.0. The van der Waals surface area contributed by atoms with Crippen LogP contribution in [0.15, 0.2) is 40.8 Å². The molecule has 16 nitrogen and oxygen atoms in total. The van der Waals surface area contributed by atoms with Crippen LogP contribution in [0, 0.1) is 0 Å². The zero-order valence-electron chi connectivity index (χ0n) is 22.5. The van der Waals surface area contributed by atoms with E-state index in [0.717, 1.165) is 18.2 Å². The molecule has 0 spiro atoms. The van der Waals surface area contributed by atoms with Crippen LogP contribution in [0.3, 0.4) is 0 Å². The highest BCUT2D eigenvalue weighted by molar-refractivity contribution is 5.88. The van der Waals surface area contributed by atoms with Crippen molar-refractivity contribution in [1.29, 1.82) is 0 Å². The minimum absolute atomic E-state index is 0. The third-order valence-corrected chi connectivity index (χ3v) is 7.23. The molecule has 11 N–H and O–H groups in total. The third-order valence-electron chi connectivity index (χ3n) is 7.23. The molecule has 0 unspecified atom stereocenters. The van der Waals surface area contributed by atoms with Gasteiger partial charge >= 0.3 is 11.3 Å². The number of aliphatic hydroxyl groups excluding tert-OH is 8. The Hall–Kier alpha value is -3.26. The van der Waals surface area contributed by atoms with Gasteiger partial charge in [0.2, 0.25) is 18.3 Å². The number of ether oxygens (including phenoxy) is 4. The van der Waals surface area contributed by atoms with Gasteiger partial charge in [-0.2, -0.15) is 0 Å². The Morgan fingerprint density at radius 3 is 1.75 bits per heavy atom. The van der Waals surface area contributed by atoms with Gasteiger partial charge in [-0.3, -0.25) is 0 Å². The first-order valence-corrected chi connectivity index (χ1v) is 13.0. The maximum Gasteiger partial charge on any atom is 0.402 e. The van der Waals surface area contributed by atoms with Crippen molar-refractivity contribution < 1.29 is 91.9 Å². The first-order chi connectivity index (χ1) is 20.4. The van der Waals surface area contributed by atoms with E-state index in [2.05, 4.69) is 0 Å². The predicted octanol–water partition coefficient (Wildman–Crippen LogP) is -5.14. The van der Waals surface area contributed by atoms with E-state index in [1.165, 1.54) is 18.2 Å². The predicted molar refractivity (Wildman–Crippen MR) is 140 cm³/mol. The lowest BCUT2D eigenvalue weighted by Crippen LogP contribution is -3.00. The second-order valence-electron chi connectivity index (χ2n) is 10.1. The molecular formula is C27H31ClO16. The number of benzene rings is 2. The van der Waals surface area contributed by atoms with Crippen molar-refractivity contribution in [2.24, 2.45) is 0 Å². The Bertz CT molecular complexity index is 1450. The van der Waals surface area contributed by atoms with Crippen molar-refractivity contribution in [3.05, 3.63) is 36.4 Å². The largest absolute Gasteiger partial charge is 1.00 e. The number of hydrogen-bond acceptors (Lipinski definition) is 15. The summed E-state index contributed by atoms with van der Waals surface area (Å²) in [4.78, 5) is 0. The van der Waals surface area contributed by atoms with Crippen molar-refractivity contribution in [2.75, 3.05) is 13.2 Å². The molecule has 3 aromatic rings. The molecule has 10 atom stereocenters. The van der Waals surface area contributed by atoms with Gasteiger partial charge in [-0.15, -0.1) is 0 Å². The summed E-state index contributed by atoms with van der Waals surface area (Å²) < 4.78 is 28.1. The van der Waals surface area contributed by atoms with Gasteiger partial charge in [0.25, 0.3) is 0 Å². The van der Waals surface area contributed by atoms with Gasteiger partial charge in [0.15, 0.2) is 11.5 Å². The van der Waals surface area contributed by atoms with Crippen LogP contribution in [0.25, 0.3) is 22.3 Å². The molecule has 0 aliphatic carbocycles. The fourth-order valence-electron chi connectivity index (χ4n) is 4.78. The molecule has 1 aromatic heterocycles. The van der Waals surface area contributed by atoms with E-state index in [4.69, 9.17) is 23.4 Å². The summed E-state index contributed by atoms with van der Waals surface area (Å²) in [5.74, 6) is -1.94. The fraction of sp³-hybridized carbons (Fsp3) is 0.444. The lowest BCUT2D eigenvalue weighted by atomic mass is 9.99. The van der Waals surface area contributed by atoms with E-state index in [-0.39, 0.29) is 46.2 Å². The average molecular weight is 647 g/mol. The summed E-state index contributed by atoms with van der Waals surface area (Å²) >= 11 is 0. The topological polar surface area (TPSA) is 271 Å². The number of rotatable bonds is 7. The monoisotopic (exact) mass is 646 g/mol. The first kappa shape index (κ1) is 33.6. The molecule has 2 aliphatic rings. The molecule has 5 rings (SSSR count). The quantitative estimate of drug-likeness (QED) is 0.0846. The lowest BCUT2D eigenvalue weighted by molar-refractivity contribution is -0.277. The van der Waals surface area contributed by atoms with Crippen LogP contribution in [0.1, 0.15) is 0 Å². The van der Waals surface area contributed by atoms with E-state index in [9.17, 15) is 56.2 Å². The zero-order chi connectivity index (χ0) is 31.2. The Labute approximate surface area is 254 Å². The van der Waals surface area contributed by atoms with E-state index < -0.39 is 91.9 Å². The van der Waals surface area contributed by atoms with Crippen LogP contribution >= 0.6 is 0 Å². The molecule has 2 aliphatic heterocycles. The average Bonchev–Trinajstić information content (AvgIpc) is 2.99. The summed E-state index contributed by atoms with van der Waals surface area (Å²) in [6.45, 7) is -1.41. The van der Waals surface area contributed by atoms with Crippen molar-refractivity contribution >= 4 is 11.0 Å². The molecule has 0 saturated carbocycles. The molecule has 3 heterocycles. The van der Waals surface area contributed by atoms with Crippen molar-refractivity contribution in [3.63, 3.8) is 0 Å². The third kappa shape index (κ3) is 6.28. The molecule has 2 aromatic carbocycles. The normalized spacial score (nSPS) is 32.2. The summed E-state index contributed by atoms with van der Waals surface area (Å²) in [6, 6.07) is 7.23. The van der Waals surface area contributed by atoms with Gasteiger partial charge in [0.05, 0.1) is 24.8 Å². The van der Waals surface area contributed by atoms with Gasteiger partial charge < -0.3 is 87.5 Å². The standard InChI is InChI=1S/C27H30O16.ClH/c28-7-17-19(33)21(35)23(37)26(42-17)39-10-4-13(31)11-6-16(41-27-24(38)22(36)20(34)18(8-29)43-27)25(40-15(11)5-10)9-1-2-12(30)14(32)3-9;/h1-6,17-24,26-29,33-38H,7-8H2,(H2-,30,31,32);1H/t17-,18-,19-,20-,21+,22+,23-,24-,26-,27-;/m1./s1. The fourth-order valence-corrected chi connectivity index (χ4v) is 4.78. The van der Waals surface area contributed by atoms with Crippen LogP contribution < -0.4 is 21.9 Å². The van der Waals surface area contributed by atoms with E-state index in [1.54, 1.807) is 0 Å². The zero-order valence-corrected chi connectivity index (χ0v) is 23.2. The van der Waals surface area contributed by atoms with E-state index in [1.807, 2.05) is 0 Å². The summed E-state index contributed by atoms with van der Waals surface area (Å²) in [6.07, 6.45) is -16.0. The molecule has 17 heteroatoms. The molecule has 2 fully saturated rings. The van der Waals surface area contributed by atoms with Crippen LogP contribution in [0.2, 0.25) is 0 Å². The Balaban J connectivity index is 0.00000442. The number of aliphatic hydroxyl groups is 8. The highest BCUT2D eigenvalue weighted by atomic mass is 35.5. The molecular weight excluding hydrogens is 616 g/mol. The van der Waals surface area contributed by atoms with Crippen molar-refractivity contribution in [3.8, 4) is 40.1 Å². The Morgan fingerprint density at radius 1 is 0.636 bits per heavy atom. The highest BCUT2D eigenvalue weighted by Gasteiger charge is 2.46. The molecule has 0 radical (unpaired) electrons. The molecule has 0 amide bonds. The minimum Gasteiger partial charge on any atom is -1.00 e. The van der Waals surface area contributed by atoms with Gasteiger partial charge in [0, 0.05) is 18.2 Å². The molecule has 242 valence electrons. The van der Waals surface area contributed by atoms with Crippen molar-refractivity contribution in [2.45, 2.75) is 61.4 Å². The summed E-state index contributed by atoms with van der Waals surface area (Å²) in [5.41, 5.74) is 0.0554. The summed E-state index contributed by atoms with van der Waals surface area (Å²) in [7, 11) is 0. The lowest BCUT2D eigenvalue weighted by Gasteiger charge is -2.39. The van der Waals surface area contributed by atoms with Gasteiger partial charge in [-0.1, -0.05) is 0 Å². The minimum atomic E-state index is -1.79. The molecule has 2 saturated heterocycles. The second kappa shape index (κ2) is 13.4. The number of aromatic hydroxyl groups is 3. The van der Waals surface area contributed by atoms with E-state index in [0.29, 0.717) is 0 Å². The van der Waals surface area contributed by atoms with Gasteiger partial charge in [-0.05, 0) is 12.1 Å². The molecule has 0 bridgehead atoms. The smallest absolute Gasteiger partial charge is 0.402 e.